The molecule has 4 aromatic rings. The Kier molecular flexibility index (Phi) is 13.1. The van der Waals surface area contributed by atoms with Crippen molar-refractivity contribution in [2.24, 2.45) is 7.05 Å². The number of nitrogens with zero attached hydrogens (tertiary/aromatic N) is 12. The number of tetrazole rings is 2. The standard InChI is InChI=1S/C18H18N6O5S2.C14H14N8O4S3/c1-23-18(20-21-22-23)31-8-10-7-30-16-11(15(27)24(16)12(10)17(28)29)19-14(26)13(25)9-5-3-2-4-6-9;1-6-17-18-14(29-6)28-4-7-3-27-12-9(11(24)22(12)10(7)13(25)26)16-8(23)2-21-5-15-19-20-21/h2-6,11,13,16,25H,7-8H2,1H3,(H,19,26)(H,28,29);5,9,12H,2-4H2,1H3,(H,16,23)(H,25,26)/t11-,13-,16-;9-,12-/m11/s1. The fourth-order valence-corrected chi connectivity index (χ4v) is 11.8. The van der Waals surface area contributed by atoms with Crippen molar-refractivity contribution < 1.29 is 44.1 Å². The minimum atomic E-state index is -1.42. The number of benzene rings is 1. The van der Waals surface area contributed by atoms with Crippen LogP contribution in [0.4, 0.5) is 0 Å². The van der Waals surface area contributed by atoms with Crippen LogP contribution in [0.1, 0.15) is 16.7 Å². The summed E-state index contributed by atoms with van der Waals surface area (Å²) in [6, 6.07) is 6.68. The fourth-order valence-electron chi connectivity index (χ4n) is 6.21. The highest BCUT2D eigenvalue weighted by Gasteiger charge is 2.55. The van der Waals surface area contributed by atoms with E-state index < -0.39 is 64.5 Å². The maximum absolute atomic E-state index is 12.7. The number of hydrogen-bond acceptors (Lipinski definition) is 20. The van der Waals surface area contributed by atoms with Gasteiger partial charge in [0, 0.05) is 30.1 Å². The molecule has 0 aliphatic carbocycles. The lowest BCUT2D eigenvalue weighted by Crippen LogP contribution is -2.70. The molecule has 7 heterocycles. The summed E-state index contributed by atoms with van der Waals surface area (Å²) in [6.45, 7) is 1.72. The van der Waals surface area contributed by atoms with E-state index in [4.69, 9.17) is 0 Å². The lowest BCUT2D eigenvalue weighted by Gasteiger charge is -2.49. The first-order chi connectivity index (χ1) is 28.8. The average molecular weight is 917 g/mol. The smallest absolute Gasteiger partial charge is 0.352 e. The zero-order valence-electron chi connectivity index (χ0n) is 31.1. The van der Waals surface area contributed by atoms with Crippen LogP contribution in [0.3, 0.4) is 0 Å². The van der Waals surface area contributed by atoms with Crippen LogP contribution in [0.5, 0.6) is 0 Å². The number of aliphatic carboxylic acids is 2. The van der Waals surface area contributed by atoms with E-state index in [0.717, 1.165) is 9.35 Å². The predicted molar refractivity (Wildman–Crippen MR) is 213 cm³/mol. The Bertz CT molecular complexity index is 2380. The van der Waals surface area contributed by atoms with Gasteiger partial charge >= 0.3 is 11.9 Å². The predicted octanol–water partition coefficient (Wildman–Crippen LogP) is -0.862. The number of aryl methyl sites for hydroxylation is 2. The second-order valence-corrected chi connectivity index (χ2v) is 18.5. The van der Waals surface area contributed by atoms with E-state index in [2.05, 4.69) is 51.9 Å². The van der Waals surface area contributed by atoms with Crippen molar-refractivity contribution in [2.75, 3.05) is 23.0 Å². The molecule has 0 radical (unpaired) electrons. The highest BCUT2D eigenvalue weighted by Crippen LogP contribution is 2.43. The number of carboxylic acids is 2. The van der Waals surface area contributed by atoms with Gasteiger partial charge in [0.1, 0.15) is 52.1 Å². The van der Waals surface area contributed by atoms with E-state index in [9.17, 15) is 44.1 Å². The number of rotatable bonds is 14. The number of fused-ring (bicyclic) bond motifs is 2. The van der Waals surface area contributed by atoms with Crippen LogP contribution in [0.25, 0.3) is 0 Å². The number of aliphatic hydroxyl groups excluding tert-OH is 1. The molecule has 0 saturated carbocycles. The molecule has 4 aliphatic heterocycles. The Hall–Kier alpha value is -5.42. The molecule has 5 atom stereocenters. The van der Waals surface area contributed by atoms with Crippen LogP contribution in [-0.2, 0) is 42.4 Å². The molecule has 8 rings (SSSR count). The van der Waals surface area contributed by atoms with Gasteiger partial charge in [0.15, 0.2) is 10.4 Å². The molecule has 1 aromatic carbocycles. The van der Waals surface area contributed by atoms with Crippen LogP contribution < -0.4 is 10.6 Å². The third kappa shape index (κ3) is 9.01. The van der Waals surface area contributed by atoms with Crippen LogP contribution >= 0.6 is 58.4 Å². The summed E-state index contributed by atoms with van der Waals surface area (Å²) < 4.78 is 3.45. The number of carbonyl (C=O) groups excluding carboxylic acids is 4. The summed E-state index contributed by atoms with van der Waals surface area (Å²) in [5.74, 6) is -2.94. The van der Waals surface area contributed by atoms with Crippen molar-refractivity contribution in [3.05, 3.63) is 69.8 Å². The molecule has 23 nitrogen and oxygen atoms in total. The number of carboxylic acid groups (broad SMARTS) is 2. The maximum Gasteiger partial charge on any atom is 0.352 e. The molecule has 28 heteroatoms. The number of carbonyl (C=O) groups is 6. The number of aromatic nitrogens is 10. The molecule has 60 heavy (non-hydrogen) atoms. The van der Waals surface area contributed by atoms with Crippen molar-refractivity contribution in [3.8, 4) is 0 Å². The Labute approximate surface area is 359 Å². The zero-order chi connectivity index (χ0) is 42.7. The van der Waals surface area contributed by atoms with Crippen molar-refractivity contribution in [1.82, 2.24) is 71.0 Å². The minimum absolute atomic E-state index is 0.0153. The van der Waals surface area contributed by atoms with Crippen LogP contribution in [0.2, 0.25) is 0 Å². The molecule has 4 aliphatic rings. The second-order valence-electron chi connectivity index (χ2n) is 12.9. The van der Waals surface area contributed by atoms with E-state index >= 15 is 0 Å². The lowest BCUT2D eigenvalue weighted by atomic mass is 10.0. The molecule has 5 N–H and O–H groups in total. The topological polar surface area (TPSA) is 307 Å². The zero-order valence-corrected chi connectivity index (χ0v) is 35.2. The van der Waals surface area contributed by atoms with E-state index in [1.54, 1.807) is 37.4 Å². The average Bonchev–Trinajstić information content (AvgIpc) is 4.02. The Morgan fingerprint density at radius 2 is 1.47 bits per heavy atom. The summed E-state index contributed by atoms with van der Waals surface area (Å²) >= 11 is 6.88. The van der Waals surface area contributed by atoms with Gasteiger partial charge in [-0.25, -0.2) is 19.0 Å². The highest BCUT2D eigenvalue weighted by atomic mass is 32.2. The maximum atomic E-state index is 12.7. The Morgan fingerprint density at radius 3 is 2.00 bits per heavy atom. The molecule has 0 spiro atoms. The molecular weight excluding hydrogens is 885 g/mol. The van der Waals surface area contributed by atoms with Gasteiger partial charge in [-0.1, -0.05) is 65.2 Å². The van der Waals surface area contributed by atoms with E-state index in [1.165, 1.54) is 83.9 Å². The third-order valence-electron chi connectivity index (χ3n) is 9.01. The van der Waals surface area contributed by atoms with Gasteiger partial charge in [0.05, 0.1) is 0 Å². The number of β-lactam (4-membered cyclic amide) rings is 2. The van der Waals surface area contributed by atoms with Crippen LogP contribution in [0, 0.1) is 6.92 Å². The first kappa shape index (κ1) is 42.7. The Balaban J connectivity index is 0.000000182. The van der Waals surface area contributed by atoms with Gasteiger partial charge in [-0.15, -0.1) is 43.9 Å². The summed E-state index contributed by atoms with van der Waals surface area (Å²) in [7, 11) is 1.68. The quantitative estimate of drug-likeness (QED) is 0.0759. The van der Waals surface area contributed by atoms with Gasteiger partial charge in [0.25, 0.3) is 17.7 Å². The monoisotopic (exact) mass is 916 g/mol. The summed E-state index contributed by atoms with van der Waals surface area (Å²) in [6.07, 6.45) is -0.128. The van der Waals surface area contributed by atoms with Gasteiger partial charge in [-0.2, -0.15) is 0 Å². The molecular formula is C32H32N14O9S5. The molecule has 2 fully saturated rings. The van der Waals surface area contributed by atoms with Gasteiger partial charge in [-0.05, 0) is 44.5 Å². The molecule has 4 amide bonds. The van der Waals surface area contributed by atoms with Gasteiger partial charge < -0.3 is 26.0 Å². The molecule has 2 saturated heterocycles. The Morgan fingerprint density at radius 1 is 0.850 bits per heavy atom. The van der Waals surface area contributed by atoms with E-state index in [0.29, 0.717) is 44.9 Å². The van der Waals surface area contributed by atoms with Crippen molar-refractivity contribution in [2.45, 2.75) is 51.9 Å². The first-order valence-corrected chi connectivity index (χ1v) is 22.3. The summed E-state index contributed by atoms with van der Waals surface area (Å²) in [5.41, 5.74) is 1.53. The highest BCUT2D eigenvalue weighted by molar-refractivity contribution is 8.02. The number of amides is 4. The van der Waals surface area contributed by atoms with Gasteiger partial charge in [0.2, 0.25) is 11.1 Å². The molecule has 0 bridgehead atoms. The van der Waals surface area contributed by atoms with Crippen LogP contribution in [0.15, 0.2) is 68.7 Å². The summed E-state index contributed by atoms with van der Waals surface area (Å²) in [5, 5.41) is 64.7. The third-order valence-corrected chi connectivity index (χ3v) is 14.8. The molecule has 3 aromatic heterocycles. The van der Waals surface area contributed by atoms with Crippen LogP contribution in [-0.4, -0.2) is 157 Å². The fraction of sp³-hybridized carbons (Fsp3) is 0.375. The van der Waals surface area contributed by atoms with Crippen molar-refractivity contribution in [1.29, 1.82) is 0 Å². The van der Waals surface area contributed by atoms with Gasteiger partial charge in [-0.3, -0.25) is 29.0 Å². The summed E-state index contributed by atoms with van der Waals surface area (Å²) in [4.78, 5) is 76.1. The van der Waals surface area contributed by atoms with Crippen molar-refractivity contribution >= 4 is 94.0 Å². The first-order valence-electron chi connectivity index (χ1n) is 17.4. The van der Waals surface area contributed by atoms with E-state index in [-0.39, 0.29) is 17.9 Å². The second kappa shape index (κ2) is 18.5. The molecule has 0 unspecified atom stereocenters. The number of nitrogens with one attached hydrogen (secondary N) is 2. The number of aliphatic hydroxyl groups is 1. The van der Waals surface area contributed by atoms with Crippen molar-refractivity contribution in [3.63, 3.8) is 0 Å². The lowest BCUT2D eigenvalue weighted by molar-refractivity contribution is -0.151. The number of thioether (sulfide) groups is 4. The number of hydrogen-bond donors (Lipinski definition) is 5. The normalized spacial score (nSPS) is 21.2. The SMILES string of the molecule is Cc1nnc(SCC2=C(C(=O)O)N3C(=O)[C@@H](NC(=O)Cn4cnnn4)[C@H]3SC2)s1.Cn1nnnc1SCC1=C(C(=O)O)N2C(=O)[C@@H](NC(=O)[C@H](O)c3ccccc3)[C@H]2SC1. The van der Waals surface area contributed by atoms with E-state index in [1.807, 2.05) is 6.92 Å². The molecule has 314 valence electrons. The largest absolute Gasteiger partial charge is 0.477 e. The minimum Gasteiger partial charge on any atom is -0.477 e.